The van der Waals surface area contributed by atoms with Crippen molar-refractivity contribution in [2.75, 3.05) is 46.4 Å². The zero-order valence-electron chi connectivity index (χ0n) is 13.4. The molecule has 0 spiro atoms. The lowest BCUT2D eigenvalue weighted by molar-refractivity contribution is 0.0809. The third-order valence-electron chi connectivity index (χ3n) is 3.57. The van der Waals surface area contributed by atoms with Gasteiger partial charge in [0.25, 0.3) is 0 Å². The van der Waals surface area contributed by atoms with Gasteiger partial charge in [-0.15, -0.1) is 0 Å². The Morgan fingerprint density at radius 3 is 2.48 bits per heavy atom. The highest BCUT2D eigenvalue weighted by molar-refractivity contribution is 5.68. The monoisotopic (exact) mass is 321 g/mol. The first-order chi connectivity index (χ1) is 11.1. The second-order valence-corrected chi connectivity index (χ2v) is 5.39. The van der Waals surface area contributed by atoms with E-state index in [1.165, 1.54) is 0 Å². The average molecular weight is 321 g/mol. The number of amides is 2. The molecule has 1 saturated heterocycles. The molecular formula is C16H23N3O4. The summed E-state index contributed by atoms with van der Waals surface area (Å²) in [5, 5.41) is 2.55. The molecule has 0 saturated carbocycles. The molecule has 1 aliphatic heterocycles. The first-order valence-electron chi connectivity index (χ1n) is 7.70. The molecule has 7 heteroatoms. The molecule has 2 amide bonds. The molecule has 1 N–H and O–H groups in total. The number of nitrogens with one attached hydrogen (secondary N) is 1. The van der Waals surface area contributed by atoms with Crippen molar-refractivity contribution in [3.8, 4) is 0 Å². The molecule has 2 rings (SSSR count). The van der Waals surface area contributed by atoms with Crippen LogP contribution in [0.1, 0.15) is 5.56 Å². The fraction of sp³-hybridized carbons (Fsp3) is 0.500. The molecule has 1 aromatic carbocycles. The van der Waals surface area contributed by atoms with Crippen LogP contribution in [0.5, 0.6) is 0 Å². The van der Waals surface area contributed by atoms with Crippen LogP contribution in [0.25, 0.3) is 0 Å². The third kappa shape index (κ3) is 6.15. The molecule has 0 aliphatic carbocycles. The van der Waals surface area contributed by atoms with Gasteiger partial charge in [-0.05, 0) is 12.6 Å². The smallest absolute Gasteiger partial charge is 0.409 e. The summed E-state index contributed by atoms with van der Waals surface area (Å²) in [6.45, 7) is 3.61. The number of hydrogen-bond donors (Lipinski definition) is 1. The number of ether oxygens (including phenoxy) is 2. The summed E-state index contributed by atoms with van der Waals surface area (Å²) >= 11 is 0. The topological polar surface area (TPSA) is 71.1 Å². The van der Waals surface area contributed by atoms with Gasteiger partial charge in [0.1, 0.15) is 13.2 Å². The highest BCUT2D eigenvalue weighted by Crippen LogP contribution is 2.02. The van der Waals surface area contributed by atoms with Gasteiger partial charge in [0.15, 0.2) is 0 Å². The van der Waals surface area contributed by atoms with Gasteiger partial charge in [-0.2, -0.15) is 0 Å². The minimum absolute atomic E-state index is 0.131. The number of piperazine rings is 1. The summed E-state index contributed by atoms with van der Waals surface area (Å²) in [4.78, 5) is 27.1. The van der Waals surface area contributed by atoms with Gasteiger partial charge >= 0.3 is 12.2 Å². The van der Waals surface area contributed by atoms with Crippen molar-refractivity contribution in [2.24, 2.45) is 0 Å². The van der Waals surface area contributed by atoms with Gasteiger partial charge in [-0.3, -0.25) is 0 Å². The lowest BCUT2D eigenvalue weighted by Gasteiger charge is -2.31. The van der Waals surface area contributed by atoms with Gasteiger partial charge < -0.3 is 24.6 Å². The quantitative estimate of drug-likeness (QED) is 0.828. The third-order valence-corrected chi connectivity index (χ3v) is 3.57. The van der Waals surface area contributed by atoms with Crippen molar-refractivity contribution in [3.05, 3.63) is 35.9 Å². The van der Waals surface area contributed by atoms with Gasteiger partial charge in [-0.25, -0.2) is 9.59 Å². The van der Waals surface area contributed by atoms with E-state index in [4.69, 9.17) is 9.47 Å². The summed E-state index contributed by atoms with van der Waals surface area (Å²) < 4.78 is 10.2. The average Bonchev–Trinajstić information content (AvgIpc) is 2.58. The first-order valence-corrected chi connectivity index (χ1v) is 7.70. The minimum atomic E-state index is -0.524. The Balaban J connectivity index is 1.54. The molecule has 7 nitrogen and oxygen atoms in total. The molecule has 0 radical (unpaired) electrons. The van der Waals surface area contributed by atoms with Crippen LogP contribution in [0.2, 0.25) is 0 Å². The molecule has 23 heavy (non-hydrogen) atoms. The fourth-order valence-corrected chi connectivity index (χ4v) is 2.15. The maximum atomic E-state index is 11.8. The summed E-state index contributed by atoms with van der Waals surface area (Å²) in [5.41, 5.74) is 0.921. The summed E-state index contributed by atoms with van der Waals surface area (Å²) in [6, 6.07) is 9.43. The van der Waals surface area contributed by atoms with Crippen LogP contribution in [0.15, 0.2) is 30.3 Å². The molecule has 0 atom stereocenters. The lowest BCUT2D eigenvalue weighted by atomic mass is 10.2. The summed E-state index contributed by atoms with van der Waals surface area (Å²) in [7, 11) is 2.02. The standard InChI is InChI=1S/C16H23N3O4/c1-18-8-10-19(11-9-18)16(21)22-12-7-17-15(20)23-13-14-5-3-2-4-6-14/h2-6H,7-13H2,1H3,(H,17,20). The number of carbonyl (C=O) groups is 2. The van der Waals surface area contributed by atoms with E-state index in [2.05, 4.69) is 10.2 Å². The van der Waals surface area contributed by atoms with Crippen molar-refractivity contribution in [3.63, 3.8) is 0 Å². The van der Waals surface area contributed by atoms with Crippen molar-refractivity contribution < 1.29 is 19.1 Å². The molecule has 126 valence electrons. The van der Waals surface area contributed by atoms with Gasteiger partial charge in [-0.1, -0.05) is 30.3 Å². The van der Waals surface area contributed by atoms with Crippen LogP contribution in [0.3, 0.4) is 0 Å². The van der Waals surface area contributed by atoms with Crippen LogP contribution in [-0.2, 0) is 16.1 Å². The van der Waals surface area contributed by atoms with Crippen molar-refractivity contribution in [1.29, 1.82) is 0 Å². The number of hydrogen-bond acceptors (Lipinski definition) is 5. The summed E-state index contributed by atoms with van der Waals surface area (Å²) in [5.74, 6) is 0. The Hall–Kier alpha value is -2.28. The Bertz CT molecular complexity index is 501. The Labute approximate surface area is 136 Å². The van der Waals surface area contributed by atoms with Crippen LogP contribution in [0, 0.1) is 0 Å². The summed E-state index contributed by atoms with van der Waals surface area (Å²) in [6.07, 6.45) is -0.859. The van der Waals surface area contributed by atoms with Crippen LogP contribution >= 0.6 is 0 Å². The van der Waals surface area contributed by atoms with E-state index in [9.17, 15) is 9.59 Å². The number of likely N-dealkylation sites (N-methyl/N-ethyl adjacent to an activating group) is 1. The van der Waals surface area contributed by atoms with Gasteiger partial charge in [0, 0.05) is 26.2 Å². The normalized spacial score (nSPS) is 15.1. The molecule has 1 aliphatic rings. The van der Waals surface area contributed by atoms with E-state index in [1.807, 2.05) is 37.4 Å². The predicted octanol–water partition coefficient (Wildman–Crippen LogP) is 1.30. The molecule has 1 heterocycles. The van der Waals surface area contributed by atoms with Crippen molar-refractivity contribution >= 4 is 12.2 Å². The molecule has 0 unspecified atom stereocenters. The highest BCUT2D eigenvalue weighted by atomic mass is 16.6. The van der Waals surface area contributed by atoms with E-state index >= 15 is 0 Å². The predicted molar refractivity (Wildman–Crippen MR) is 85.0 cm³/mol. The molecule has 0 aromatic heterocycles. The van der Waals surface area contributed by atoms with E-state index in [0.29, 0.717) is 13.1 Å². The van der Waals surface area contributed by atoms with E-state index in [1.54, 1.807) is 4.90 Å². The number of carbonyl (C=O) groups excluding carboxylic acids is 2. The maximum Gasteiger partial charge on any atom is 0.409 e. The number of rotatable bonds is 5. The Morgan fingerprint density at radius 2 is 1.78 bits per heavy atom. The molecule has 1 aromatic rings. The van der Waals surface area contributed by atoms with Crippen molar-refractivity contribution in [2.45, 2.75) is 6.61 Å². The maximum absolute atomic E-state index is 11.8. The Kier molecular flexibility index (Phi) is 6.68. The zero-order chi connectivity index (χ0) is 16.5. The van der Waals surface area contributed by atoms with Crippen LogP contribution < -0.4 is 5.32 Å². The van der Waals surface area contributed by atoms with Gasteiger partial charge in [0.2, 0.25) is 0 Å². The lowest BCUT2D eigenvalue weighted by Crippen LogP contribution is -2.47. The Morgan fingerprint density at radius 1 is 1.09 bits per heavy atom. The second-order valence-electron chi connectivity index (χ2n) is 5.39. The first kappa shape index (κ1) is 17.1. The van der Waals surface area contributed by atoms with Crippen LogP contribution in [0.4, 0.5) is 9.59 Å². The SMILES string of the molecule is CN1CCN(C(=O)OCCNC(=O)OCc2ccccc2)CC1. The van der Waals surface area contributed by atoms with E-state index in [-0.39, 0.29) is 25.9 Å². The molecule has 0 bridgehead atoms. The minimum Gasteiger partial charge on any atom is -0.448 e. The largest absolute Gasteiger partial charge is 0.448 e. The van der Waals surface area contributed by atoms with Crippen LogP contribution in [-0.4, -0.2) is 68.4 Å². The highest BCUT2D eigenvalue weighted by Gasteiger charge is 2.19. The van der Waals surface area contributed by atoms with Crippen molar-refractivity contribution in [1.82, 2.24) is 15.1 Å². The zero-order valence-corrected chi connectivity index (χ0v) is 13.4. The molecular weight excluding hydrogens is 298 g/mol. The van der Waals surface area contributed by atoms with E-state index < -0.39 is 6.09 Å². The molecule has 1 fully saturated rings. The van der Waals surface area contributed by atoms with Gasteiger partial charge in [0.05, 0.1) is 6.54 Å². The second kappa shape index (κ2) is 8.99. The fourth-order valence-electron chi connectivity index (χ4n) is 2.15. The number of benzene rings is 1. The number of nitrogens with zero attached hydrogens (tertiary/aromatic N) is 2. The number of alkyl carbamates (subject to hydrolysis) is 1. The van der Waals surface area contributed by atoms with E-state index in [0.717, 1.165) is 18.7 Å².